The fourth-order valence-corrected chi connectivity index (χ4v) is 3.11. The van der Waals surface area contributed by atoms with Gasteiger partial charge in [-0.25, -0.2) is 9.78 Å². The van der Waals surface area contributed by atoms with Gasteiger partial charge in [-0.3, -0.25) is 14.4 Å². The van der Waals surface area contributed by atoms with Crippen molar-refractivity contribution in [2.24, 2.45) is 11.7 Å². The maximum atomic E-state index is 12.7. The molecule has 12 heteroatoms. The van der Waals surface area contributed by atoms with E-state index >= 15 is 0 Å². The smallest absolute Gasteiger partial charge is 0.326 e. The number of nitrogens with one attached hydrogen (secondary N) is 4. The SMILES string of the molecule is CCC(C)C(N)C(=O)NC(Cc1cnc[nH]1)C(=O)NCC(=O)NC(CCSC)C(=O)O. The van der Waals surface area contributed by atoms with Crippen molar-refractivity contribution in [3.63, 3.8) is 0 Å². The van der Waals surface area contributed by atoms with Gasteiger partial charge in [0.05, 0.1) is 18.9 Å². The van der Waals surface area contributed by atoms with Crippen molar-refractivity contribution >= 4 is 35.5 Å². The molecule has 1 heterocycles. The van der Waals surface area contributed by atoms with E-state index in [1.165, 1.54) is 24.3 Å². The van der Waals surface area contributed by atoms with Crippen molar-refractivity contribution in [3.8, 4) is 0 Å². The third-order valence-electron chi connectivity index (χ3n) is 4.84. The van der Waals surface area contributed by atoms with Crippen molar-refractivity contribution in [2.75, 3.05) is 18.6 Å². The molecule has 1 aromatic rings. The van der Waals surface area contributed by atoms with Gasteiger partial charge in [0.1, 0.15) is 12.1 Å². The Bertz CT molecular complexity index is 729. The molecule has 0 aliphatic heterocycles. The molecule has 7 N–H and O–H groups in total. The number of nitrogens with zero attached hydrogens (tertiary/aromatic N) is 1. The fourth-order valence-electron chi connectivity index (χ4n) is 2.63. The van der Waals surface area contributed by atoms with Crippen LogP contribution in [-0.4, -0.2) is 75.4 Å². The number of amides is 3. The average molecular weight is 457 g/mol. The molecular formula is C19H32N6O5S. The highest BCUT2D eigenvalue weighted by Gasteiger charge is 2.27. The van der Waals surface area contributed by atoms with Crippen LogP contribution in [0.15, 0.2) is 12.5 Å². The summed E-state index contributed by atoms with van der Waals surface area (Å²) >= 11 is 1.47. The standard InChI is InChI=1S/C19H32N6O5S/c1-4-11(2)16(20)18(28)25-14(7-12-8-21-10-23-12)17(27)22-9-15(26)24-13(19(29)30)5-6-31-3/h8,10-11,13-14,16H,4-7,9,20H2,1-3H3,(H,21,23)(H,22,27)(H,24,26)(H,25,28)(H,29,30). The number of carboxylic acids is 1. The van der Waals surface area contributed by atoms with Crippen LogP contribution in [0.4, 0.5) is 0 Å². The molecule has 0 saturated heterocycles. The second-order valence-electron chi connectivity index (χ2n) is 7.21. The summed E-state index contributed by atoms with van der Waals surface area (Å²) in [5.41, 5.74) is 6.57. The molecule has 0 radical (unpaired) electrons. The Hall–Kier alpha value is -2.60. The lowest BCUT2D eigenvalue weighted by atomic mass is 9.99. The second kappa shape index (κ2) is 13.7. The minimum atomic E-state index is -1.14. The van der Waals surface area contributed by atoms with E-state index in [1.807, 2.05) is 20.1 Å². The first-order chi connectivity index (χ1) is 14.7. The topological polar surface area (TPSA) is 179 Å². The normalized spacial score (nSPS) is 14.7. The highest BCUT2D eigenvalue weighted by molar-refractivity contribution is 7.98. The summed E-state index contributed by atoms with van der Waals surface area (Å²) in [6.45, 7) is 3.33. The molecule has 11 nitrogen and oxygen atoms in total. The van der Waals surface area contributed by atoms with E-state index in [-0.39, 0.29) is 18.8 Å². The lowest BCUT2D eigenvalue weighted by Gasteiger charge is -2.23. The van der Waals surface area contributed by atoms with Gasteiger partial charge >= 0.3 is 5.97 Å². The summed E-state index contributed by atoms with van der Waals surface area (Å²) in [6.07, 6.45) is 5.90. The zero-order valence-corrected chi connectivity index (χ0v) is 18.8. The number of aliphatic carboxylic acids is 1. The number of nitrogens with two attached hydrogens (primary N) is 1. The van der Waals surface area contributed by atoms with E-state index in [0.717, 1.165) is 0 Å². The molecule has 0 aliphatic carbocycles. The van der Waals surface area contributed by atoms with Crippen LogP contribution in [0, 0.1) is 5.92 Å². The number of carbonyl (C=O) groups is 4. The van der Waals surface area contributed by atoms with Crippen LogP contribution in [0.3, 0.4) is 0 Å². The second-order valence-corrected chi connectivity index (χ2v) is 8.20. The molecule has 4 atom stereocenters. The molecular weight excluding hydrogens is 424 g/mol. The summed E-state index contributed by atoms with van der Waals surface area (Å²) < 4.78 is 0. The minimum absolute atomic E-state index is 0.0733. The molecule has 0 bridgehead atoms. The molecule has 174 valence electrons. The van der Waals surface area contributed by atoms with Crippen molar-refractivity contribution in [3.05, 3.63) is 18.2 Å². The van der Waals surface area contributed by atoms with Crippen LogP contribution >= 0.6 is 11.8 Å². The van der Waals surface area contributed by atoms with Crippen molar-refractivity contribution in [1.29, 1.82) is 0 Å². The molecule has 31 heavy (non-hydrogen) atoms. The number of aromatic amines is 1. The molecule has 4 unspecified atom stereocenters. The summed E-state index contributed by atoms with van der Waals surface area (Å²) in [5, 5.41) is 16.6. The number of thioether (sulfide) groups is 1. The van der Waals surface area contributed by atoms with E-state index < -0.39 is 48.4 Å². The van der Waals surface area contributed by atoms with Crippen molar-refractivity contribution in [1.82, 2.24) is 25.9 Å². The predicted octanol–water partition coefficient (Wildman–Crippen LogP) is -0.751. The zero-order valence-electron chi connectivity index (χ0n) is 18.0. The molecule has 0 saturated carbocycles. The quantitative estimate of drug-likeness (QED) is 0.211. The number of H-pyrrole nitrogens is 1. The zero-order chi connectivity index (χ0) is 23.4. The molecule has 3 amide bonds. The molecule has 1 rings (SSSR count). The lowest BCUT2D eigenvalue weighted by Crippen LogP contribution is -2.55. The summed E-state index contributed by atoms with van der Waals surface area (Å²) in [7, 11) is 0. The predicted molar refractivity (Wildman–Crippen MR) is 117 cm³/mol. The van der Waals surface area contributed by atoms with Gasteiger partial charge < -0.3 is 31.8 Å². The number of aromatic nitrogens is 2. The Kier molecular flexibility index (Phi) is 11.6. The maximum Gasteiger partial charge on any atom is 0.326 e. The first kappa shape index (κ1) is 26.4. The largest absolute Gasteiger partial charge is 0.480 e. The van der Waals surface area contributed by atoms with Crippen molar-refractivity contribution < 1.29 is 24.3 Å². The Balaban J connectivity index is 2.73. The van der Waals surface area contributed by atoms with Gasteiger partial charge in [-0.15, -0.1) is 0 Å². The van der Waals surface area contributed by atoms with Crippen LogP contribution in [0.2, 0.25) is 0 Å². The van der Waals surface area contributed by atoms with Gasteiger partial charge in [0, 0.05) is 18.3 Å². The van der Waals surface area contributed by atoms with Crippen molar-refractivity contribution in [2.45, 2.75) is 51.2 Å². The van der Waals surface area contributed by atoms with E-state index in [2.05, 4.69) is 25.9 Å². The first-order valence-corrected chi connectivity index (χ1v) is 11.4. The van der Waals surface area contributed by atoms with Crippen LogP contribution in [0.25, 0.3) is 0 Å². The number of carbonyl (C=O) groups excluding carboxylic acids is 3. The van der Waals surface area contributed by atoms with Crippen LogP contribution in [0.1, 0.15) is 32.4 Å². The number of hydrogen-bond acceptors (Lipinski definition) is 7. The highest BCUT2D eigenvalue weighted by atomic mass is 32.2. The lowest BCUT2D eigenvalue weighted by molar-refractivity contribution is -0.141. The monoisotopic (exact) mass is 456 g/mol. The maximum absolute atomic E-state index is 12.7. The highest BCUT2D eigenvalue weighted by Crippen LogP contribution is 2.07. The summed E-state index contributed by atoms with van der Waals surface area (Å²) in [5.74, 6) is -2.34. The first-order valence-electron chi connectivity index (χ1n) is 10.0. The molecule has 0 fully saturated rings. The summed E-state index contributed by atoms with van der Waals surface area (Å²) in [4.78, 5) is 55.2. The third-order valence-corrected chi connectivity index (χ3v) is 5.48. The minimum Gasteiger partial charge on any atom is -0.480 e. The van der Waals surface area contributed by atoms with Gasteiger partial charge in [0.15, 0.2) is 0 Å². The van der Waals surface area contributed by atoms with Gasteiger partial charge in [0.2, 0.25) is 17.7 Å². The van der Waals surface area contributed by atoms with Crippen LogP contribution in [-0.2, 0) is 25.6 Å². The Labute approximate surface area is 185 Å². The molecule has 1 aromatic heterocycles. The van der Waals surface area contributed by atoms with E-state index in [1.54, 1.807) is 0 Å². The number of hydrogen-bond donors (Lipinski definition) is 6. The molecule has 0 aromatic carbocycles. The third kappa shape index (κ3) is 9.39. The van der Waals surface area contributed by atoms with Gasteiger partial charge in [-0.2, -0.15) is 11.8 Å². The van der Waals surface area contributed by atoms with Gasteiger partial charge in [0.25, 0.3) is 0 Å². The van der Waals surface area contributed by atoms with E-state index in [4.69, 9.17) is 5.73 Å². The Morgan fingerprint density at radius 2 is 1.94 bits per heavy atom. The molecule has 0 spiro atoms. The number of carboxylic acid groups (broad SMARTS) is 1. The number of rotatable bonds is 14. The Morgan fingerprint density at radius 3 is 2.48 bits per heavy atom. The van der Waals surface area contributed by atoms with Crippen LogP contribution < -0.4 is 21.7 Å². The van der Waals surface area contributed by atoms with E-state index in [9.17, 15) is 24.3 Å². The van der Waals surface area contributed by atoms with E-state index in [0.29, 0.717) is 17.9 Å². The Morgan fingerprint density at radius 1 is 1.23 bits per heavy atom. The van der Waals surface area contributed by atoms with Gasteiger partial charge in [-0.1, -0.05) is 20.3 Å². The molecule has 0 aliphatic rings. The summed E-state index contributed by atoms with van der Waals surface area (Å²) in [6, 6.07) is -2.80. The van der Waals surface area contributed by atoms with Gasteiger partial charge in [-0.05, 0) is 24.3 Å². The average Bonchev–Trinajstić information content (AvgIpc) is 3.26. The van der Waals surface area contributed by atoms with Crippen LogP contribution in [0.5, 0.6) is 0 Å². The number of imidazole rings is 1. The fraction of sp³-hybridized carbons (Fsp3) is 0.632.